The molecule has 3 heterocycles. The highest BCUT2D eigenvalue weighted by molar-refractivity contribution is 7.13. The molecule has 12 heteroatoms. The van der Waals surface area contributed by atoms with Crippen LogP contribution in [0.15, 0.2) is 72.6 Å². The van der Waals surface area contributed by atoms with Gasteiger partial charge in [-0.15, -0.1) is 11.3 Å². The Balaban J connectivity index is 1.38. The average molecular weight is 564 g/mol. The number of thiazole rings is 1. The third-order valence-corrected chi connectivity index (χ3v) is 7.28. The number of anilines is 2. The summed E-state index contributed by atoms with van der Waals surface area (Å²) < 4.78 is 1.71. The minimum absolute atomic E-state index is 0.255. The molecule has 40 heavy (non-hydrogen) atoms. The van der Waals surface area contributed by atoms with E-state index in [-0.39, 0.29) is 6.54 Å². The van der Waals surface area contributed by atoms with E-state index in [9.17, 15) is 19.8 Å². The first-order valence-electron chi connectivity index (χ1n) is 13.0. The van der Waals surface area contributed by atoms with Crippen LogP contribution in [0, 0.1) is 0 Å². The van der Waals surface area contributed by atoms with Crippen LogP contribution >= 0.6 is 11.3 Å². The second-order valence-corrected chi connectivity index (χ2v) is 10.0. The van der Waals surface area contributed by atoms with Crippen LogP contribution in [0.4, 0.5) is 10.8 Å². The van der Waals surface area contributed by atoms with E-state index >= 15 is 0 Å². The SMILES string of the molecule is CC[C@H](c1csc(Nc2cccnc2)n1)N(CC)C(=O)[C@H](O)[C@@H](O)C(=O)N[C@H](C)c1ccc(-n2cccn2)cc1. The number of pyridine rings is 1. The molecule has 0 unspecified atom stereocenters. The predicted octanol–water partition coefficient (Wildman–Crippen LogP) is 3.37. The number of carbonyl (C=O) groups excluding carboxylic acids is 2. The lowest BCUT2D eigenvalue weighted by atomic mass is 10.1. The standard InChI is InChI=1S/C28H33N7O4S/c1-4-23(22-17-40-28(33-22)32-20-8-6-13-29-16-20)34(5-2)27(39)25(37)24(36)26(38)31-18(3)19-9-11-21(12-10-19)35-15-7-14-30-35/h6-18,23-25,36-37H,4-5H2,1-3H3,(H,31,38)(H,32,33)/t18-,23-,24-,25-/m1/s1. The van der Waals surface area contributed by atoms with Crippen LogP contribution in [0.1, 0.15) is 50.5 Å². The Bertz CT molecular complexity index is 1380. The molecule has 0 aliphatic carbocycles. The molecule has 4 aromatic rings. The monoisotopic (exact) mass is 563 g/mol. The summed E-state index contributed by atoms with van der Waals surface area (Å²) in [5.74, 6) is -1.59. The van der Waals surface area contributed by atoms with Gasteiger partial charge in [0.25, 0.3) is 11.8 Å². The van der Waals surface area contributed by atoms with E-state index in [0.717, 1.165) is 16.9 Å². The molecule has 0 spiro atoms. The van der Waals surface area contributed by atoms with Crippen molar-refractivity contribution in [2.45, 2.75) is 51.5 Å². The summed E-state index contributed by atoms with van der Waals surface area (Å²) in [6, 6.07) is 12.0. The molecule has 3 aromatic heterocycles. The number of hydrogen-bond donors (Lipinski definition) is 4. The first-order chi connectivity index (χ1) is 19.3. The lowest BCUT2D eigenvalue weighted by Crippen LogP contribution is -2.51. The van der Waals surface area contributed by atoms with E-state index in [4.69, 9.17) is 0 Å². The van der Waals surface area contributed by atoms with Crippen LogP contribution in [-0.2, 0) is 9.59 Å². The van der Waals surface area contributed by atoms with Crippen molar-refractivity contribution in [3.8, 4) is 5.69 Å². The number of nitrogens with zero attached hydrogens (tertiary/aromatic N) is 5. The van der Waals surface area contributed by atoms with Crippen molar-refractivity contribution >= 4 is 34.0 Å². The molecule has 2 amide bonds. The number of likely N-dealkylation sites (N-methyl/N-ethyl adjacent to an activating group) is 1. The molecule has 0 aliphatic rings. The van der Waals surface area contributed by atoms with Gasteiger partial charge in [0, 0.05) is 30.5 Å². The summed E-state index contributed by atoms with van der Waals surface area (Å²) in [6.07, 6.45) is 3.51. The van der Waals surface area contributed by atoms with Crippen LogP contribution in [0.25, 0.3) is 5.69 Å². The molecule has 4 atom stereocenters. The second kappa shape index (κ2) is 13.3. The number of benzene rings is 1. The van der Waals surface area contributed by atoms with E-state index in [1.54, 1.807) is 37.1 Å². The van der Waals surface area contributed by atoms with Gasteiger partial charge in [-0.3, -0.25) is 14.6 Å². The van der Waals surface area contributed by atoms with Crippen molar-refractivity contribution in [3.63, 3.8) is 0 Å². The maximum Gasteiger partial charge on any atom is 0.255 e. The van der Waals surface area contributed by atoms with Crippen molar-refractivity contribution < 1.29 is 19.8 Å². The highest BCUT2D eigenvalue weighted by atomic mass is 32.1. The fraction of sp³-hybridized carbons (Fsp3) is 0.321. The molecule has 210 valence electrons. The third-order valence-electron chi connectivity index (χ3n) is 6.50. The molecule has 0 aliphatic heterocycles. The van der Waals surface area contributed by atoms with Gasteiger partial charge in [-0.25, -0.2) is 9.67 Å². The van der Waals surface area contributed by atoms with E-state index in [2.05, 4.69) is 25.7 Å². The molecule has 4 N–H and O–H groups in total. The van der Waals surface area contributed by atoms with Gasteiger partial charge in [0.15, 0.2) is 17.3 Å². The zero-order valence-corrected chi connectivity index (χ0v) is 23.3. The van der Waals surface area contributed by atoms with Gasteiger partial charge < -0.3 is 25.7 Å². The van der Waals surface area contributed by atoms with Gasteiger partial charge in [-0.05, 0) is 56.2 Å². The molecular weight excluding hydrogens is 530 g/mol. The Morgan fingerprint density at radius 2 is 1.85 bits per heavy atom. The van der Waals surface area contributed by atoms with E-state index < -0.39 is 36.1 Å². The number of amides is 2. The normalized spacial score (nSPS) is 14.1. The van der Waals surface area contributed by atoms with Gasteiger partial charge in [0.2, 0.25) is 0 Å². The zero-order valence-electron chi connectivity index (χ0n) is 22.5. The Kier molecular flexibility index (Phi) is 9.59. The van der Waals surface area contributed by atoms with Gasteiger partial charge in [-0.1, -0.05) is 19.1 Å². The van der Waals surface area contributed by atoms with Gasteiger partial charge in [0.05, 0.1) is 35.3 Å². The summed E-state index contributed by atoms with van der Waals surface area (Å²) in [5.41, 5.74) is 3.08. The Labute approximate surface area is 236 Å². The van der Waals surface area contributed by atoms with Crippen LogP contribution in [0.3, 0.4) is 0 Å². The molecule has 11 nitrogen and oxygen atoms in total. The first kappa shape index (κ1) is 28.9. The summed E-state index contributed by atoms with van der Waals surface area (Å²) in [4.78, 5) is 36.2. The topological polar surface area (TPSA) is 146 Å². The summed E-state index contributed by atoms with van der Waals surface area (Å²) >= 11 is 1.38. The van der Waals surface area contributed by atoms with Gasteiger partial charge >= 0.3 is 0 Å². The largest absolute Gasteiger partial charge is 0.380 e. The maximum absolute atomic E-state index is 13.3. The number of nitrogens with one attached hydrogen (secondary N) is 2. The third kappa shape index (κ3) is 6.71. The average Bonchev–Trinajstić information content (AvgIpc) is 3.68. The van der Waals surface area contributed by atoms with Gasteiger partial charge in [0.1, 0.15) is 0 Å². The molecule has 0 fully saturated rings. The summed E-state index contributed by atoms with van der Waals surface area (Å²) in [7, 11) is 0. The fourth-order valence-electron chi connectivity index (χ4n) is 4.34. The van der Waals surface area contributed by atoms with Crippen molar-refractivity contribution in [3.05, 3.63) is 83.9 Å². The molecule has 0 saturated heterocycles. The maximum atomic E-state index is 13.3. The second-order valence-electron chi connectivity index (χ2n) is 9.15. The number of carbonyl (C=O) groups is 2. The summed E-state index contributed by atoms with van der Waals surface area (Å²) in [6.45, 7) is 5.69. The van der Waals surface area contributed by atoms with Crippen LogP contribution in [-0.4, -0.2) is 65.4 Å². The minimum atomic E-state index is -1.94. The Hall–Kier alpha value is -4.13. The number of aliphatic hydroxyl groups excluding tert-OH is 2. The van der Waals surface area contributed by atoms with E-state index in [1.807, 2.05) is 61.0 Å². The number of aliphatic hydroxyl groups is 2. The molecular formula is C28H33N7O4S. The van der Waals surface area contributed by atoms with Crippen molar-refractivity contribution in [2.75, 3.05) is 11.9 Å². The highest BCUT2D eigenvalue weighted by Gasteiger charge is 2.36. The molecule has 0 radical (unpaired) electrons. The van der Waals surface area contributed by atoms with Crippen LogP contribution in [0.5, 0.6) is 0 Å². The predicted molar refractivity (Wildman–Crippen MR) is 152 cm³/mol. The Morgan fingerprint density at radius 3 is 2.48 bits per heavy atom. The Morgan fingerprint density at radius 1 is 1.07 bits per heavy atom. The highest BCUT2D eigenvalue weighted by Crippen LogP contribution is 2.30. The lowest BCUT2D eigenvalue weighted by Gasteiger charge is -2.32. The van der Waals surface area contributed by atoms with E-state index in [1.165, 1.54) is 16.2 Å². The zero-order chi connectivity index (χ0) is 28.6. The minimum Gasteiger partial charge on any atom is -0.380 e. The lowest BCUT2D eigenvalue weighted by molar-refractivity contribution is -0.155. The van der Waals surface area contributed by atoms with Crippen LogP contribution in [0.2, 0.25) is 0 Å². The van der Waals surface area contributed by atoms with Crippen molar-refractivity contribution in [1.29, 1.82) is 0 Å². The number of hydrogen-bond acceptors (Lipinski definition) is 9. The summed E-state index contributed by atoms with van der Waals surface area (Å²) in [5, 5.41) is 33.9. The fourth-order valence-corrected chi connectivity index (χ4v) is 5.12. The number of rotatable bonds is 12. The van der Waals surface area contributed by atoms with E-state index in [0.29, 0.717) is 17.2 Å². The molecule has 0 bridgehead atoms. The smallest absolute Gasteiger partial charge is 0.255 e. The molecule has 0 saturated carbocycles. The van der Waals surface area contributed by atoms with Gasteiger partial charge in [-0.2, -0.15) is 5.10 Å². The van der Waals surface area contributed by atoms with Crippen LogP contribution < -0.4 is 10.6 Å². The molecule has 4 rings (SSSR count). The van der Waals surface area contributed by atoms with Crippen molar-refractivity contribution in [2.24, 2.45) is 0 Å². The first-order valence-corrected chi connectivity index (χ1v) is 13.9. The van der Waals surface area contributed by atoms with Crippen molar-refractivity contribution in [1.82, 2.24) is 30.0 Å². The number of aromatic nitrogens is 4. The molecule has 1 aromatic carbocycles. The quantitative estimate of drug-likeness (QED) is 0.205.